The van der Waals surface area contributed by atoms with Crippen LogP contribution in [0.1, 0.15) is 5.56 Å². The van der Waals surface area contributed by atoms with Gasteiger partial charge in [-0.15, -0.1) is 0 Å². The second-order valence-electron chi connectivity index (χ2n) is 6.90. The zero-order valence-corrected chi connectivity index (χ0v) is 18.0. The second kappa shape index (κ2) is 9.41. The number of hydrogen-bond acceptors (Lipinski definition) is 5. The lowest BCUT2D eigenvalue weighted by molar-refractivity contribution is -0.113. The SMILES string of the molecule is C=CCOc1ccccc1/C=C1\SC(N2CCN(c3ccc(Cl)cc3)CC2)=NC1=O. The van der Waals surface area contributed by atoms with Crippen LogP contribution in [0.3, 0.4) is 0 Å². The van der Waals surface area contributed by atoms with Crippen molar-refractivity contribution in [3.8, 4) is 5.75 Å². The highest BCUT2D eigenvalue weighted by Gasteiger charge is 2.28. The molecule has 30 heavy (non-hydrogen) atoms. The highest BCUT2D eigenvalue weighted by atomic mass is 35.5. The van der Waals surface area contributed by atoms with Gasteiger partial charge in [0.15, 0.2) is 5.17 Å². The summed E-state index contributed by atoms with van der Waals surface area (Å²) in [5.41, 5.74) is 2.02. The number of anilines is 1. The number of carbonyl (C=O) groups is 1. The molecular formula is C23H22ClN3O2S. The van der Waals surface area contributed by atoms with E-state index in [9.17, 15) is 4.79 Å². The standard InChI is InChI=1S/C23H22ClN3O2S/c1-2-15-29-20-6-4-3-5-17(20)16-21-22(28)25-23(30-21)27-13-11-26(12-14-27)19-9-7-18(24)8-10-19/h2-10,16H,1,11-15H2/b21-16-. The number of carbonyl (C=O) groups excluding carboxylic acids is 1. The number of halogens is 1. The van der Waals surface area contributed by atoms with E-state index in [2.05, 4.69) is 21.4 Å². The molecule has 2 aliphatic heterocycles. The Morgan fingerprint density at radius 1 is 1.07 bits per heavy atom. The Balaban J connectivity index is 1.41. The molecule has 1 saturated heterocycles. The van der Waals surface area contributed by atoms with Gasteiger partial charge in [0, 0.05) is 42.5 Å². The van der Waals surface area contributed by atoms with Crippen LogP contribution in [0.25, 0.3) is 6.08 Å². The molecule has 5 nitrogen and oxygen atoms in total. The zero-order valence-electron chi connectivity index (χ0n) is 16.5. The number of rotatable bonds is 5. The van der Waals surface area contributed by atoms with Crippen molar-refractivity contribution in [3.63, 3.8) is 0 Å². The summed E-state index contributed by atoms with van der Waals surface area (Å²) in [4.78, 5) is 21.9. The molecule has 2 aliphatic rings. The third-order valence-electron chi connectivity index (χ3n) is 4.91. The lowest BCUT2D eigenvalue weighted by atomic mass is 10.2. The smallest absolute Gasteiger partial charge is 0.286 e. The minimum absolute atomic E-state index is 0.200. The number of amides is 1. The molecule has 0 N–H and O–H groups in total. The Morgan fingerprint density at radius 2 is 1.77 bits per heavy atom. The fraction of sp³-hybridized carbons (Fsp3) is 0.217. The highest BCUT2D eigenvalue weighted by Crippen LogP contribution is 2.33. The summed E-state index contributed by atoms with van der Waals surface area (Å²) < 4.78 is 5.69. The summed E-state index contributed by atoms with van der Waals surface area (Å²) in [5, 5.41) is 1.51. The number of ether oxygens (including phenoxy) is 1. The van der Waals surface area contributed by atoms with Gasteiger partial charge in [0.05, 0.1) is 4.91 Å². The van der Waals surface area contributed by atoms with E-state index in [4.69, 9.17) is 16.3 Å². The van der Waals surface area contributed by atoms with Crippen molar-refractivity contribution in [2.45, 2.75) is 0 Å². The van der Waals surface area contributed by atoms with Crippen molar-refractivity contribution in [2.24, 2.45) is 4.99 Å². The van der Waals surface area contributed by atoms with E-state index in [1.54, 1.807) is 6.08 Å². The summed E-state index contributed by atoms with van der Waals surface area (Å²) >= 11 is 7.41. The van der Waals surface area contributed by atoms with E-state index >= 15 is 0 Å². The number of para-hydroxylation sites is 1. The maximum Gasteiger partial charge on any atom is 0.286 e. The quantitative estimate of drug-likeness (QED) is 0.499. The molecule has 154 valence electrons. The van der Waals surface area contributed by atoms with Crippen LogP contribution in [0.15, 0.2) is 71.1 Å². The van der Waals surface area contributed by atoms with Crippen molar-refractivity contribution in [1.82, 2.24) is 4.90 Å². The van der Waals surface area contributed by atoms with E-state index in [1.165, 1.54) is 11.8 Å². The van der Waals surface area contributed by atoms with Gasteiger partial charge >= 0.3 is 0 Å². The van der Waals surface area contributed by atoms with E-state index in [1.807, 2.05) is 54.6 Å². The van der Waals surface area contributed by atoms with Crippen LogP contribution < -0.4 is 9.64 Å². The first-order chi connectivity index (χ1) is 14.6. The molecule has 0 bridgehead atoms. The fourth-order valence-electron chi connectivity index (χ4n) is 3.36. The maximum atomic E-state index is 12.5. The maximum absolute atomic E-state index is 12.5. The Morgan fingerprint density at radius 3 is 2.50 bits per heavy atom. The fourth-order valence-corrected chi connectivity index (χ4v) is 4.44. The van der Waals surface area contributed by atoms with Crippen molar-refractivity contribution in [2.75, 3.05) is 37.7 Å². The summed E-state index contributed by atoms with van der Waals surface area (Å²) in [6.07, 6.45) is 3.55. The van der Waals surface area contributed by atoms with Gasteiger partial charge in [-0.25, -0.2) is 0 Å². The van der Waals surface area contributed by atoms with Crippen LogP contribution in [-0.4, -0.2) is 48.8 Å². The van der Waals surface area contributed by atoms with Crippen LogP contribution in [0, 0.1) is 0 Å². The summed E-state index contributed by atoms with van der Waals surface area (Å²) in [6, 6.07) is 15.5. The molecule has 0 aliphatic carbocycles. The Hall–Kier alpha value is -2.70. The highest BCUT2D eigenvalue weighted by molar-refractivity contribution is 8.18. The van der Waals surface area contributed by atoms with Crippen LogP contribution in [0.4, 0.5) is 5.69 Å². The average molecular weight is 440 g/mol. The number of amidine groups is 1. The topological polar surface area (TPSA) is 45.1 Å². The molecule has 0 atom stereocenters. The number of piperazine rings is 1. The molecule has 1 fully saturated rings. The van der Waals surface area contributed by atoms with E-state index in [-0.39, 0.29) is 5.91 Å². The summed E-state index contributed by atoms with van der Waals surface area (Å²) in [6.45, 7) is 7.46. The predicted molar refractivity (Wildman–Crippen MR) is 125 cm³/mol. The van der Waals surface area contributed by atoms with Gasteiger partial charge in [-0.05, 0) is 48.2 Å². The molecule has 0 radical (unpaired) electrons. The minimum atomic E-state index is -0.200. The van der Waals surface area contributed by atoms with Gasteiger partial charge in [0.1, 0.15) is 12.4 Å². The number of aliphatic imine (C=N–C) groups is 1. The Kier molecular flexibility index (Phi) is 6.45. The molecule has 4 rings (SSSR count). The van der Waals surface area contributed by atoms with Crippen molar-refractivity contribution >= 4 is 46.2 Å². The zero-order chi connectivity index (χ0) is 20.9. The first kappa shape index (κ1) is 20.6. The first-order valence-electron chi connectivity index (χ1n) is 9.75. The number of thioether (sulfide) groups is 1. The Labute approximate surface area is 185 Å². The van der Waals surface area contributed by atoms with Crippen molar-refractivity contribution < 1.29 is 9.53 Å². The van der Waals surface area contributed by atoms with Gasteiger partial charge in [-0.3, -0.25) is 4.79 Å². The van der Waals surface area contributed by atoms with Crippen LogP contribution in [0.2, 0.25) is 5.02 Å². The normalized spacial score (nSPS) is 18.0. The van der Waals surface area contributed by atoms with E-state index < -0.39 is 0 Å². The lowest BCUT2D eigenvalue weighted by Crippen LogP contribution is -2.47. The van der Waals surface area contributed by atoms with Crippen LogP contribution in [0.5, 0.6) is 5.75 Å². The summed E-state index contributed by atoms with van der Waals surface area (Å²) in [5.74, 6) is 0.525. The molecule has 0 saturated carbocycles. The van der Waals surface area contributed by atoms with Gasteiger partial charge < -0.3 is 14.5 Å². The third kappa shape index (κ3) is 4.71. The number of hydrogen-bond donors (Lipinski definition) is 0. The molecule has 7 heteroatoms. The molecule has 0 unspecified atom stereocenters. The molecule has 2 heterocycles. The number of benzene rings is 2. The monoisotopic (exact) mass is 439 g/mol. The number of nitrogens with zero attached hydrogens (tertiary/aromatic N) is 3. The Bertz CT molecular complexity index is 996. The van der Waals surface area contributed by atoms with Crippen LogP contribution in [-0.2, 0) is 4.79 Å². The van der Waals surface area contributed by atoms with Gasteiger partial charge in [0.2, 0.25) is 0 Å². The largest absolute Gasteiger partial charge is 0.489 e. The first-order valence-corrected chi connectivity index (χ1v) is 10.9. The second-order valence-corrected chi connectivity index (χ2v) is 8.34. The van der Waals surface area contributed by atoms with Crippen molar-refractivity contribution in [1.29, 1.82) is 0 Å². The molecule has 2 aromatic carbocycles. The van der Waals surface area contributed by atoms with Crippen molar-refractivity contribution in [3.05, 3.63) is 76.7 Å². The third-order valence-corrected chi connectivity index (χ3v) is 6.21. The molecule has 0 aromatic heterocycles. The molecular weight excluding hydrogens is 418 g/mol. The molecule has 1 amide bonds. The lowest BCUT2D eigenvalue weighted by Gasteiger charge is -2.36. The van der Waals surface area contributed by atoms with Crippen LogP contribution >= 0.6 is 23.4 Å². The predicted octanol–water partition coefficient (Wildman–Crippen LogP) is 4.70. The average Bonchev–Trinajstić information content (AvgIpc) is 3.14. The minimum Gasteiger partial charge on any atom is -0.489 e. The van der Waals surface area contributed by atoms with E-state index in [0.717, 1.165) is 53.4 Å². The molecule has 2 aromatic rings. The molecule has 0 spiro atoms. The summed E-state index contributed by atoms with van der Waals surface area (Å²) in [7, 11) is 0. The van der Waals surface area contributed by atoms with Gasteiger partial charge in [0.25, 0.3) is 5.91 Å². The van der Waals surface area contributed by atoms with Gasteiger partial charge in [-0.2, -0.15) is 4.99 Å². The van der Waals surface area contributed by atoms with E-state index in [0.29, 0.717) is 11.5 Å². The van der Waals surface area contributed by atoms with Gasteiger partial charge in [-0.1, -0.05) is 42.5 Å².